The normalized spacial score (nSPS) is 14.6. The molecule has 0 atom stereocenters. The van der Waals surface area contributed by atoms with Crippen LogP contribution in [0.2, 0.25) is 0 Å². The van der Waals surface area contributed by atoms with E-state index in [0.29, 0.717) is 5.75 Å². The second kappa shape index (κ2) is 8.66. The van der Waals surface area contributed by atoms with Crippen LogP contribution in [0.25, 0.3) is 10.9 Å². The molecule has 1 aliphatic carbocycles. The molecule has 0 aliphatic heterocycles. The number of rotatable bonds is 5. The largest absolute Gasteiger partial charge is 0.497 e. The van der Waals surface area contributed by atoms with E-state index in [1.807, 2.05) is 36.4 Å². The molecule has 1 heterocycles. The third kappa shape index (κ3) is 4.27. The number of fused-ring (bicyclic) bond motifs is 2. The number of nitrogens with one attached hydrogen (secondary N) is 1. The van der Waals surface area contributed by atoms with E-state index in [0.717, 1.165) is 57.6 Å². The van der Waals surface area contributed by atoms with E-state index in [2.05, 4.69) is 28.5 Å². The first-order valence-electron chi connectivity index (χ1n) is 9.65. The summed E-state index contributed by atoms with van der Waals surface area (Å²) in [4.78, 5) is 17.8. The first kappa shape index (κ1) is 19.5. The van der Waals surface area contributed by atoms with Crippen LogP contribution >= 0.6 is 11.8 Å². The average molecular weight is 406 g/mol. The van der Waals surface area contributed by atoms with Crippen LogP contribution < -0.4 is 10.2 Å². The van der Waals surface area contributed by atoms with Gasteiger partial charge < -0.3 is 4.74 Å². The van der Waals surface area contributed by atoms with Gasteiger partial charge in [0.2, 0.25) is 5.91 Å². The Hall–Kier alpha value is -2.86. The lowest BCUT2D eigenvalue weighted by molar-refractivity contribution is -0.118. The molecule has 0 radical (unpaired) electrons. The summed E-state index contributed by atoms with van der Waals surface area (Å²) in [6.07, 6.45) is 4.66. The number of carbonyl (C=O) groups excluding carboxylic acids is 1. The van der Waals surface area contributed by atoms with Gasteiger partial charge in [-0.05, 0) is 61.6 Å². The summed E-state index contributed by atoms with van der Waals surface area (Å²) in [6.45, 7) is 2.06. The van der Waals surface area contributed by atoms with Crippen LogP contribution in [-0.2, 0) is 11.2 Å². The van der Waals surface area contributed by atoms with Gasteiger partial charge in [-0.3, -0.25) is 9.78 Å². The molecule has 1 amide bonds. The highest BCUT2D eigenvalue weighted by Crippen LogP contribution is 2.29. The zero-order chi connectivity index (χ0) is 20.2. The zero-order valence-electron chi connectivity index (χ0n) is 16.6. The highest BCUT2D eigenvalue weighted by molar-refractivity contribution is 8.00. The van der Waals surface area contributed by atoms with Gasteiger partial charge in [-0.15, -0.1) is 11.8 Å². The summed E-state index contributed by atoms with van der Waals surface area (Å²) >= 11 is 1.48. The molecule has 3 aromatic rings. The first-order valence-corrected chi connectivity index (χ1v) is 10.6. The Bertz CT molecular complexity index is 1090. The summed E-state index contributed by atoms with van der Waals surface area (Å²) in [5, 5.41) is 5.53. The monoisotopic (exact) mass is 405 g/mol. The molecule has 4 rings (SSSR count). The molecule has 0 saturated heterocycles. The fourth-order valence-corrected chi connectivity index (χ4v) is 4.57. The summed E-state index contributed by atoms with van der Waals surface area (Å²) in [5.74, 6) is 1.04. The lowest BCUT2D eigenvalue weighted by Gasteiger charge is -2.21. The molecule has 0 unspecified atom stereocenters. The van der Waals surface area contributed by atoms with Gasteiger partial charge in [0.15, 0.2) is 0 Å². The number of pyridine rings is 1. The maximum atomic E-state index is 12.4. The Morgan fingerprint density at radius 1 is 1.24 bits per heavy atom. The second-order valence-electron chi connectivity index (χ2n) is 7.05. The number of para-hydroxylation sites is 1. The number of thioether (sulfide) groups is 1. The lowest BCUT2D eigenvalue weighted by atomic mass is 9.87. The Kier molecular flexibility index (Phi) is 5.81. The van der Waals surface area contributed by atoms with Gasteiger partial charge in [-0.1, -0.05) is 18.2 Å². The molecule has 0 fully saturated rings. The first-order chi connectivity index (χ1) is 14.2. The number of carbonyl (C=O) groups is 1. The predicted molar refractivity (Wildman–Crippen MR) is 118 cm³/mol. The summed E-state index contributed by atoms with van der Waals surface area (Å²) in [5.41, 5.74) is 8.11. The SMILES string of the molecule is COc1cc(C)c2c(c1)CCCC2=NNC(=O)CSc1cccc2cccnc12. The van der Waals surface area contributed by atoms with E-state index in [1.165, 1.54) is 17.3 Å². The van der Waals surface area contributed by atoms with E-state index in [-0.39, 0.29) is 5.91 Å². The topological polar surface area (TPSA) is 63.6 Å². The van der Waals surface area contributed by atoms with Crippen LogP contribution in [0.15, 0.2) is 58.7 Å². The van der Waals surface area contributed by atoms with Crippen molar-refractivity contribution >= 4 is 34.3 Å². The van der Waals surface area contributed by atoms with E-state index >= 15 is 0 Å². The number of nitrogens with zero attached hydrogens (tertiary/aromatic N) is 2. The minimum absolute atomic E-state index is 0.117. The molecule has 0 bridgehead atoms. The van der Waals surface area contributed by atoms with E-state index < -0.39 is 0 Å². The van der Waals surface area contributed by atoms with Crippen LogP contribution in [0.1, 0.15) is 29.5 Å². The Morgan fingerprint density at radius 2 is 2.10 bits per heavy atom. The quantitative estimate of drug-likeness (QED) is 0.501. The number of hydrazone groups is 1. The van der Waals surface area contributed by atoms with Crippen molar-refractivity contribution in [3.05, 3.63) is 65.4 Å². The maximum absolute atomic E-state index is 12.4. The summed E-state index contributed by atoms with van der Waals surface area (Å²) in [6, 6.07) is 14.0. The maximum Gasteiger partial charge on any atom is 0.250 e. The standard InChI is InChI=1S/C23H23N3O2S/c1-15-12-18(28-2)13-17-7-3-9-19(22(15)17)25-26-21(27)14-29-20-10-4-6-16-8-5-11-24-23(16)20/h4-6,8,10-13H,3,7,9,14H2,1-2H3,(H,26,27). The number of ether oxygens (including phenoxy) is 1. The third-order valence-electron chi connectivity index (χ3n) is 5.04. The van der Waals surface area contributed by atoms with Gasteiger partial charge in [-0.25, -0.2) is 5.43 Å². The molecule has 6 heteroatoms. The molecular weight excluding hydrogens is 382 g/mol. The van der Waals surface area contributed by atoms with Crippen LogP contribution in [-0.4, -0.2) is 29.5 Å². The molecule has 29 heavy (non-hydrogen) atoms. The molecule has 2 aromatic carbocycles. The highest BCUT2D eigenvalue weighted by atomic mass is 32.2. The van der Waals surface area contributed by atoms with Crippen LogP contribution in [0.4, 0.5) is 0 Å². The van der Waals surface area contributed by atoms with Crippen molar-refractivity contribution in [2.75, 3.05) is 12.9 Å². The Labute approximate surface area is 174 Å². The minimum Gasteiger partial charge on any atom is -0.497 e. The fraction of sp³-hybridized carbons (Fsp3) is 0.261. The van der Waals surface area contributed by atoms with Crippen LogP contribution in [0.3, 0.4) is 0 Å². The zero-order valence-corrected chi connectivity index (χ0v) is 17.4. The number of aromatic nitrogens is 1. The number of hydrogen-bond donors (Lipinski definition) is 1. The molecule has 0 spiro atoms. The van der Waals surface area contributed by atoms with Gasteiger partial charge >= 0.3 is 0 Å². The van der Waals surface area contributed by atoms with E-state index in [4.69, 9.17) is 4.74 Å². The van der Waals surface area contributed by atoms with Crippen molar-refractivity contribution in [1.82, 2.24) is 10.4 Å². The molecule has 1 N–H and O–H groups in total. The fourth-order valence-electron chi connectivity index (χ4n) is 3.73. The molecule has 1 aromatic heterocycles. The van der Waals surface area contributed by atoms with Gasteiger partial charge in [-0.2, -0.15) is 5.10 Å². The predicted octanol–water partition coefficient (Wildman–Crippen LogP) is 4.50. The Balaban J connectivity index is 1.46. The van der Waals surface area contributed by atoms with Crippen molar-refractivity contribution in [1.29, 1.82) is 0 Å². The molecule has 148 valence electrons. The second-order valence-corrected chi connectivity index (χ2v) is 8.06. The molecule has 1 aliphatic rings. The number of aryl methyl sites for hydroxylation is 2. The third-order valence-corrected chi connectivity index (χ3v) is 6.09. The minimum atomic E-state index is -0.117. The smallest absolute Gasteiger partial charge is 0.250 e. The van der Waals surface area contributed by atoms with Gasteiger partial charge in [0, 0.05) is 22.0 Å². The molecular formula is C23H23N3O2S. The van der Waals surface area contributed by atoms with Crippen LogP contribution in [0.5, 0.6) is 5.75 Å². The van der Waals surface area contributed by atoms with Gasteiger partial charge in [0.1, 0.15) is 5.75 Å². The summed E-state index contributed by atoms with van der Waals surface area (Å²) < 4.78 is 5.38. The lowest BCUT2D eigenvalue weighted by Crippen LogP contribution is -2.24. The molecule has 5 nitrogen and oxygen atoms in total. The average Bonchev–Trinajstić information content (AvgIpc) is 2.75. The van der Waals surface area contributed by atoms with E-state index in [1.54, 1.807) is 13.3 Å². The van der Waals surface area contributed by atoms with Gasteiger partial charge in [0.05, 0.1) is 24.1 Å². The Morgan fingerprint density at radius 3 is 2.97 bits per heavy atom. The highest BCUT2D eigenvalue weighted by Gasteiger charge is 2.19. The van der Waals surface area contributed by atoms with Crippen molar-refractivity contribution in [2.24, 2.45) is 5.10 Å². The van der Waals surface area contributed by atoms with Crippen molar-refractivity contribution in [2.45, 2.75) is 31.1 Å². The summed E-state index contributed by atoms with van der Waals surface area (Å²) in [7, 11) is 1.68. The van der Waals surface area contributed by atoms with Crippen molar-refractivity contribution in [3.63, 3.8) is 0 Å². The van der Waals surface area contributed by atoms with Crippen LogP contribution in [0, 0.1) is 6.92 Å². The number of benzene rings is 2. The van der Waals surface area contributed by atoms with E-state index in [9.17, 15) is 4.79 Å². The molecule has 0 saturated carbocycles. The van der Waals surface area contributed by atoms with Crippen molar-refractivity contribution < 1.29 is 9.53 Å². The van der Waals surface area contributed by atoms with Gasteiger partial charge in [0.25, 0.3) is 0 Å². The number of amides is 1. The number of methoxy groups -OCH3 is 1. The van der Waals surface area contributed by atoms with Crippen molar-refractivity contribution in [3.8, 4) is 5.75 Å². The number of hydrogen-bond acceptors (Lipinski definition) is 5.